The first-order valence-electron chi connectivity index (χ1n) is 7.62. The van der Waals surface area contributed by atoms with Gasteiger partial charge in [0.1, 0.15) is 23.7 Å². The summed E-state index contributed by atoms with van der Waals surface area (Å²) in [5.41, 5.74) is 2.33. The summed E-state index contributed by atoms with van der Waals surface area (Å²) in [5, 5.41) is 0. The van der Waals surface area contributed by atoms with Crippen molar-refractivity contribution < 1.29 is 9.53 Å². The summed E-state index contributed by atoms with van der Waals surface area (Å²) in [6.45, 7) is 2.92. The Labute approximate surface area is 149 Å². The number of hydrogen-bond acceptors (Lipinski definition) is 3. The van der Waals surface area contributed by atoms with E-state index in [0.29, 0.717) is 18.8 Å². The number of imidazole rings is 1. The molecule has 1 amide bonds. The number of rotatable bonds is 5. The maximum atomic E-state index is 12.5. The van der Waals surface area contributed by atoms with Crippen LogP contribution in [0.2, 0.25) is 0 Å². The molecule has 0 radical (unpaired) electrons. The Morgan fingerprint density at radius 2 is 2.04 bits per heavy atom. The Balaban J connectivity index is 1.60. The van der Waals surface area contributed by atoms with Crippen molar-refractivity contribution in [2.75, 3.05) is 20.2 Å². The van der Waals surface area contributed by atoms with Crippen molar-refractivity contribution in [1.82, 2.24) is 14.3 Å². The number of amides is 1. The number of hydrogen-bond donors (Lipinski definition) is 0. The predicted octanol–water partition coefficient (Wildman–Crippen LogP) is 3.56. The Morgan fingerprint density at radius 3 is 2.79 bits per heavy atom. The molecule has 3 rings (SSSR count). The summed E-state index contributed by atoms with van der Waals surface area (Å²) in [4.78, 5) is 18.5. The van der Waals surface area contributed by atoms with Crippen LogP contribution in [-0.2, 0) is 0 Å². The van der Waals surface area contributed by atoms with E-state index in [1.165, 1.54) is 0 Å². The molecule has 0 atom stereocenters. The first kappa shape index (κ1) is 16.5. The van der Waals surface area contributed by atoms with Gasteiger partial charge in [-0.3, -0.25) is 4.79 Å². The molecule has 0 aliphatic heterocycles. The summed E-state index contributed by atoms with van der Waals surface area (Å²) in [7, 11) is 1.75. The van der Waals surface area contributed by atoms with E-state index in [2.05, 4.69) is 20.9 Å². The lowest BCUT2D eigenvalue weighted by Gasteiger charge is -2.16. The van der Waals surface area contributed by atoms with Crippen molar-refractivity contribution in [3.8, 4) is 5.75 Å². The molecule has 0 N–H and O–H groups in total. The lowest BCUT2D eigenvalue weighted by molar-refractivity contribution is 0.0768. The molecule has 2 aromatic heterocycles. The van der Waals surface area contributed by atoms with Crippen molar-refractivity contribution in [3.63, 3.8) is 0 Å². The van der Waals surface area contributed by atoms with Gasteiger partial charge in [-0.15, -0.1) is 0 Å². The fraction of sp³-hybridized carbons (Fsp3) is 0.222. The van der Waals surface area contributed by atoms with E-state index in [-0.39, 0.29) is 5.91 Å². The molecule has 1 aromatic carbocycles. The van der Waals surface area contributed by atoms with E-state index in [0.717, 1.165) is 21.4 Å². The van der Waals surface area contributed by atoms with E-state index < -0.39 is 0 Å². The maximum absolute atomic E-state index is 12.5. The van der Waals surface area contributed by atoms with Crippen molar-refractivity contribution >= 4 is 27.5 Å². The molecule has 0 unspecified atom stereocenters. The number of ether oxygens (including phenoxy) is 1. The quantitative estimate of drug-likeness (QED) is 0.672. The van der Waals surface area contributed by atoms with Gasteiger partial charge in [0.05, 0.1) is 6.54 Å². The lowest BCUT2D eigenvalue weighted by atomic mass is 10.3. The summed E-state index contributed by atoms with van der Waals surface area (Å²) >= 11 is 3.38. The third kappa shape index (κ3) is 3.76. The number of nitrogens with zero attached hydrogens (tertiary/aromatic N) is 3. The molecule has 0 aliphatic carbocycles. The van der Waals surface area contributed by atoms with Crippen LogP contribution in [0.3, 0.4) is 0 Å². The second kappa shape index (κ2) is 7.05. The third-order valence-electron chi connectivity index (χ3n) is 3.69. The number of carbonyl (C=O) groups excluding carboxylic acids is 1. The van der Waals surface area contributed by atoms with Crippen molar-refractivity contribution in [2.24, 2.45) is 0 Å². The number of likely N-dealkylation sites (N-methyl/N-ethyl adjacent to an activating group) is 1. The SMILES string of the molecule is Cc1ccn2cc(C(=O)N(C)CCOc3ccc(Br)cc3)nc2c1. The van der Waals surface area contributed by atoms with Gasteiger partial charge in [-0.05, 0) is 48.9 Å². The minimum absolute atomic E-state index is 0.115. The van der Waals surface area contributed by atoms with E-state index in [9.17, 15) is 4.79 Å². The molecular formula is C18H18BrN3O2. The maximum Gasteiger partial charge on any atom is 0.273 e. The van der Waals surface area contributed by atoms with Crippen molar-refractivity contribution in [1.29, 1.82) is 0 Å². The van der Waals surface area contributed by atoms with Crippen LogP contribution in [0, 0.1) is 6.92 Å². The summed E-state index contributed by atoms with van der Waals surface area (Å²) < 4.78 is 8.51. The zero-order chi connectivity index (χ0) is 17.1. The van der Waals surface area contributed by atoms with Crippen LogP contribution in [-0.4, -0.2) is 40.4 Å². The van der Waals surface area contributed by atoms with Gasteiger partial charge in [-0.2, -0.15) is 0 Å². The van der Waals surface area contributed by atoms with E-state index in [4.69, 9.17) is 4.74 Å². The fourth-order valence-corrected chi connectivity index (χ4v) is 2.58. The smallest absolute Gasteiger partial charge is 0.273 e. The minimum Gasteiger partial charge on any atom is -0.492 e. The molecule has 124 valence electrons. The van der Waals surface area contributed by atoms with Crippen LogP contribution >= 0.6 is 15.9 Å². The molecule has 2 heterocycles. The summed E-state index contributed by atoms with van der Waals surface area (Å²) in [5.74, 6) is 0.665. The highest BCUT2D eigenvalue weighted by Gasteiger charge is 2.15. The monoisotopic (exact) mass is 387 g/mol. The van der Waals surface area contributed by atoms with Crippen LogP contribution in [0.1, 0.15) is 16.1 Å². The molecular weight excluding hydrogens is 370 g/mol. The van der Waals surface area contributed by atoms with Crippen LogP contribution in [0.5, 0.6) is 5.75 Å². The average molecular weight is 388 g/mol. The van der Waals surface area contributed by atoms with E-state index in [1.807, 2.05) is 53.9 Å². The molecule has 0 bridgehead atoms. The molecule has 24 heavy (non-hydrogen) atoms. The van der Waals surface area contributed by atoms with Gasteiger partial charge >= 0.3 is 0 Å². The predicted molar refractivity (Wildman–Crippen MR) is 96.5 cm³/mol. The number of carbonyl (C=O) groups is 1. The van der Waals surface area contributed by atoms with Gasteiger partial charge < -0.3 is 14.0 Å². The number of benzene rings is 1. The normalized spacial score (nSPS) is 10.8. The van der Waals surface area contributed by atoms with Gasteiger partial charge in [-0.25, -0.2) is 4.98 Å². The van der Waals surface area contributed by atoms with E-state index in [1.54, 1.807) is 18.1 Å². The Kier molecular flexibility index (Phi) is 4.85. The Bertz CT molecular complexity index is 858. The largest absolute Gasteiger partial charge is 0.492 e. The number of aromatic nitrogens is 2. The van der Waals surface area contributed by atoms with Crippen LogP contribution in [0.25, 0.3) is 5.65 Å². The standard InChI is InChI=1S/C18H18BrN3O2/c1-13-7-8-22-12-16(20-17(22)11-13)18(23)21(2)9-10-24-15-5-3-14(19)4-6-15/h3-8,11-12H,9-10H2,1-2H3. The van der Waals surface area contributed by atoms with Crippen molar-refractivity contribution in [3.05, 3.63) is 64.5 Å². The summed E-state index contributed by atoms with van der Waals surface area (Å²) in [6, 6.07) is 11.5. The second-order valence-corrected chi connectivity index (χ2v) is 6.54. The lowest BCUT2D eigenvalue weighted by Crippen LogP contribution is -2.31. The molecule has 0 aliphatic rings. The van der Waals surface area contributed by atoms with Crippen molar-refractivity contribution in [2.45, 2.75) is 6.92 Å². The highest BCUT2D eigenvalue weighted by molar-refractivity contribution is 9.10. The molecule has 5 nitrogen and oxygen atoms in total. The average Bonchev–Trinajstić information content (AvgIpc) is 2.98. The number of fused-ring (bicyclic) bond motifs is 1. The number of pyridine rings is 1. The molecule has 6 heteroatoms. The zero-order valence-electron chi connectivity index (χ0n) is 13.6. The molecule has 0 fully saturated rings. The van der Waals surface area contributed by atoms with Crippen LogP contribution in [0.4, 0.5) is 0 Å². The topological polar surface area (TPSA) is 46.8 Å². The Hall–Kier alpha value is -2.34. The molecule has 0 spiro atoms. The minimum atomic E-state index is -0.115. The first-order chi connectivity index (χ1) is 11.5. The second-order valence-electron chi connectivity index (χ2n) is 5.62. The van der Waals surface area contributed by atoms with Crippen LogP contribution in [0.15, 0.2) is 53.3 Å². The molecule has 0 saturated carbocycles. The fourth-order valence-electron chi connectivity index (χ4n) is 2.32. The third-order valence-corrected chi connectivity index (χ3v) is 4.22. The number of halogens is 1. The summed E-state index contributed by atoms with van der Waals surface area (Å²) in [6.07, 6.45) is 3.66. The van der Waals surface area contributed by atoms with Gasteiger partial charge in [0, 0.05) is 23.9 Å². The zero-order valence-corrected chi connectivity index (χ0v) is 15.2. The highest BCUT2D eigenvalue weighted by Crippen LogP contribution is 2.16. The van der Waals surface area contributed by atoms with E-state index >= 15 is 0 Å². The molecule has 3 aromatic rings. The Morgan fingerprint density at radius 1 is 1.29 bits per heavy atom. The van der Waals surface area contributed by atoms with Gasteiger partial charge in [-0.1, -0.05) is 15.9 Å². The van der Waals surface area contributed by atoms with Gasteiger partial charge in [0.15, 0.2) is 0 Å². The van der Waals surface area contributed by atoms with Gasteiger partial charge in [0.25, 0.3) is 5.91 Å². The first-order valence-corrected chi connectivity index (χ1v) is 8.41. The van der Waals surface area contributed by atoms with Crippen LogP contribution < -0.4 is 4.74 Å². The highest BCUT2D eigenvalue weighted by atomic mass is 79.9. The van der Waals surface area contributed by atoms with Gasteiger partial charge in [0.2, 0.25) is 0 Å². The molecule has 0 saturated heterocycles. The number of aryl methyl sites for hydroxylation is 1.